The van der Waals surface area contributed by atoms with Gasteiger partial charge in [0, 0.05) is 26.2 Å². The molecule has 6 heteroatoms. The van der Waals surface area contributed by atoms with Crippen molar-refractivity contribution < 1.29 is 19.7 Å². The fourth-order valence-electron chi connectivity index (χ4n) is 2.49. The van der Waals surface area contributed by atoms with Gasteiger partial charge in [-0.3, -0.25) is 0 Å². The standard InChI is InChI=1S/C22H32N2O4/c1-17-3-7-21(8-4-17)27-15-19(25)13-23-11-12-24-14-20(26)16-28-22-9-5-18(2)6-10-22/h3-10,19-20,23-26H,11-16H2,1-2H3. The summed E-state index contributed by atoms with van der Waals surface area (Å²) in [6.07, 6.45) is -1.15. The molecule has 6 nitrogen and oxygen atoms in total. The predicted molar refractivity (Wildman–Crippen MR) is 111 cm³/mol. The van der Waals surface area contributed by atoms with Crippen LogP contribution in [-0.4, -0.2) is 61.8 Å². The lowest BCUT2D eigenvalue weighted by molar-refractivity contribution is 0.103. The molecule has 0 heterocycles. The van der Waals surface area contributed by atoms with Crippen molar-refractivity contribution in [2.45, 2.75) is 26.1 Å². The van der Waals surface area contributed by atoms with E-state index in [0.717, 1.165) is 11.5 Å². The highest BCUT2D eigenvalue weighted by molar-refractivity contribution is 5.27. The normalized spacial score (nSPS) is 13.1. The van der Waals surface area contributed by atoms with Crippen LogP contribution in [-0.2, 0) is 0 Å². The lowest BCUT2D eigenvalue weighted by atomic mass is 10.2. The number of ether oxygens (including phenoxy) is 2. The number of benzene rings is 2. The largest absolute Gasteiger partial charge is 0.491 e. The van der Waals surface area contributed by atoms with Crippen LogP contribution in [0.5, 0.6) is 11.5 Å². The lowest BCUT2D eigenvalue weighted by Crippen LogP contribution is -2.38. The van der Waals surface area contributed by atoms with Gasteiger partial charge in [-0.15, -0.1) is 0 Å². The van der Waals surface area contributed by atoms with Crippen LogP contribution in [0.2, 0.25) is 0 Å². The fourth-order valence-corrected chi connectivity index (χ4v) is 2.49. The van der Waals surface area contributed by atoms with Gasteiger partial charge in [-0.2, -0.15) is 0 Å². The molecule has 0 aliphatic rings. The molecule has 28 heavy (non-hydrogen) atoms. The van der Waals surface area contributed by atoms with Crippen molar-refractivity contribution in [3.8, 4) is 11.5 Å². The van der Waals surface area contributed by atoms with Crippen LogP contribution in [0.3, 0.4) is 0 Å². The summed E-state index contributed by atoms with van der Waals surface area (Å²) >= 11 is 0. The van der Waals surface area contributed by atoms with E-state index in [1.807, 2.05) is 62.4 Å². The van der Waals surface area contributed by atoms with Crippen molar-refractivity contribution in [3.05, 3.63) is 59.7 Å². The van der Waals surface area contributed by atoms with E-state index in [4.69, 9.17) is 9.47 Å². The minimum Gasteiger partial charge on any atom is -0.491 e. The van der Waals surface area contributed by atoms with Gasteiger partial charge in [-0.1, -0.05) is 35.4 Å². The number of hydrogen-bond acceptors (Lipinski definition) is 6. The van der Waals surface area contributed by atoms with Crippen LogP contribution in [0, 0.1) is 13.8 Å². The fraction of sp³-hybridized carbons (Fsp3) is 0.455. The number of nitrogens with one attached hydrogen (secondary N) is 2. The van der Waals surface area contributed by atoms with E-state index in [1.165, 1.54) is 11.1 Å². The van der Waals surface area contributed by atoms with Crippen molar-refractivity contribution in [2.24, 2.45) is 0 Å². The molecule has 2 unspecified atom stereocenters. The Balaban J connectivity index is 1.46. The van der Waals surface area contributed by atoms with Crippen LogP contribution in [0.15, 0.2) is 48.5 Å². The van der Waals surface area contributed by atoms with Crippen LogP contribution >= 0.6 is 0 Å². The molecule has 0 bridgehead atoms. The molecule has 2 aromatic carbocycles. The second kappa shape index (κ2) is 12.4. The number of aliphatic hydroxyl groups excluding tert-OH is 2. The molecule has 0 fully saturated rings. The number of rotatable bonds is 13. The van der Waals surface area contributed by atoms with Gasteiger partial charge in [0.2, 0.25) is 0 Å². The highest BCUT2D eigenvalue weighted by Crippen LogP contribution is 2.12. The Morgan fingerprint density at radius 2 is 1.04 bits per heavy atom. The van der Waals surface area contributed by atoms with Crippen molar-refractivity contribution in [1.29, 1.82) is 0 Å². The maximum Gasteiger partial charge on any atom is 0.119 e. The molecule has 4 N–H and O–H groups in total. The van der Waals surface area contributed by atoms with Gasteiger partial charge < -0.3 is 30.3 Å². The summed E-state index contributed by atoms with van der Waals surface area (Å²) in [5.41, 5.74) is 2.35. The van der Waals surface area contributed by atoms with E-state index < -0.39 is 12.2 Å². The molecule has 2 rings (SSSR count). The molecular formula is C22H32N2O4. The van der Waals surface area contributed by atoms with E-state index in [-0.39, 0.29) is 13.2 Å². The molecule has 0 saturated heterocycles. The van der Waals surface area contributed by atoms with E-state index >= 15 is 0 Å². The van der Waals surface area contributed by atoms with Crippen LogP contribution in [0.4, 0.5) is 0 Å². The van der Waals surface area contributed by atoms with Gasteiger partial charge in [0.15, 0.2) is 0 Å². The number of aryl methyl sites for hydroxylation is 2. The third-order valence-corrected chi connectivity index (χ3v) is 4.17. The summed E-state index contributed by atoms with van der Waals surface area (Å²) in [5.74, 6) is 1.52. The zero-order chi connectivity index (χ0) is 20.2. The average molecular weight is 389 g/mol. The second-order valence-corrected chi connectivity index (χ2v) is 6.96. The number of hydrogen-bond donors (Lipinski definition) is 4. The molecule has 0 spiro atoms. The summed E-state index contributed by atoms with van der Waals surface area (Å²) in [4.78, 5) is 0. The predicted octanol–water partition coefficient (Wildman–Crippen LogP) is 1.66. The first kappa shape index (κ1) is 22.2. The third kappa shape index (κ3) is 9.19. The van der Waals surface area contributed by atoms with Gasteiger partial charge in [0.05, 0.1) is 0 Å². The SMILES string of the molecule is Cc1ccc(OCC(O)CNCCNCC(O)COc2ccc(C)cc2)cc1. The molecule has 0 aliphatic heterocycles. The molecule has 0 aromatic heterocycles. The van der Waals surface area contributed by atoms with E-state index in [1.54, 1.807) is 0 Å². The third-order valence-electron chi connectivity index (χ3n) is 4.17. The van der Waals surface area contributed by atoms with Crippen LogP contribution < -0.4 is 20.1 Å². The summed E-state index contributed by atoms with van der Waals surface area (Å²) in [6, 6.07) is 15.5. The van der Waals surface area contributed by atoms with Gasteiger partial charge in [-0.25, -0.2) is 0 Å². The Bertz CT molecular complexity index is 602. The summed E-state index contributed by atoms with van der Waals surface area (Å²) in [5, 5.41) is 26.2. The molecule has 0 amide bonds. The highest BCUT2D eigenvalue weighted by Gasteiger charge is 2.06. The van der Waals surface area contributed by atoms with Gasteiger partial charge in [0.25, 0.3) is 0 Å². The Labute approximate surface area is 167 Å². The Hall–Kier alpha value is -2.12. The highest BCUT2D eigenvalue weighted by atomic mass is 16.5. The number of aliphatic hydroxyl groups is 2. The monoisotopic (exact) mass is 388 g/mol. The smallest absolute Gasteiger partial charge is 0.119 e. The maximum atomic E-state index is 9.94. The summed E-state index contributed by atoms with van der Waals surface area (Å²) < 4.78 is 11.1. The Kier molecular flexibility index (Phi) is 9.79. The van der Waals surface area contributed by atoms with Crippen molar-refractivity contribution in [1.82, 2.24) is 10.6 Å². The summed E-state index contributed by atoms with van der Waals surface area (Å²) in [7, 11) is 0. The van der Waals surface area contributed by atoms with Crippen molar-refractivity contribution in [2.75, 3.05) is 39.4 Å². The summed E-state index contributed by atoms with van der Waals surface area (Å²) in [6.45, 7) is 6.82. The van der Waals surface area contributed by atoms with E-state index in [0.29, 0.717) is 26.2 Å². The van der Waals surface area contributed by atoms with E-state index in [2.05, 4.69) is 10.6 Å². The van der Waals surface area contributed by atoms with Gasteiger partial charge >= 0.3 is 0 Å². The van der Waals surface area contributed by atoms with Crippen LogP contribution in [0.25, 0.3) is 0 Å². The maximum absolute atomic E-state index is 9.94. The zero-order valence-corrected chi connectivity index (χ0v) is 16.7. The van der Waals surface area contributed by atoms with Crippen molar-refractivity contribution in [3.63, 3.8) is 0 Å². The topological polar surface area (TPSA) is 83.0 Å². The first-order valence-electron chi connectivity index (χ1n) is 9.69. The quantitative estimate of drug-likeness (QED) is 0.391. The Morgan fingerprint density at radius 3 is 1.39 bits per heavy atom. The van der Waals surface area contributed by atoms with E-state index in [9.17, 15) is 10.2 Å². The average Bonchev–Trinajstić information content (AvgIpc) is 2.69. The molecule has 0 aliphatic carbocycles. The lowest BCUT2D eigenvalue weighted by Gasteiger charge is -2.15. The molecule has 0 radical (unpaired) electrons. The minimum atomic E-state index is -0.574. The second-order valence-electron chi connectivity index (χ2n) is 6.96. The molecular weight excluding hydrogens is 356 g/mol. The van der Waals surface area contributed by atoms with Crippen molar-refractivity contribution >= 4 is 0 Å². The first-order valence-corrected chi connectivity index (χ1v) is 9.69. The molecule has 0 saturated carbocycles. The Morgan fingerprint density at radius 1 is 0.679 bits per heavy atom. The van der Waals surface area contributed by atoms with Gasteiger partial charge in [0.1, 0.15) is 36.9 Å². The van der Waals surface area contributed by atoms with Crippen LogP contribution in [0.1, 0.15) is 11.1 Å². The minimum absolute atomic E-state index is 0.249. The molecule has 2 aromatic rings. The van der Waals surface area contributed by atoms with Gasteiger partial charge in [-0.05, 0) is 38.1 Å². The molecule has 154 valence electrons. The zero-order valence-electron chi connectivity index (χ0n) is 16.7. The molecule has 2 atom stereocenters. The first-order chi connectivity index (χ1) is 13.5.